The molecule has 0 amide bonds. The molecular formula is C12H24BrN. The summed E-state index contributed by atoms with van der Waals surface area (Å²) in [4.78, 5) is 2.53. The number of halogens is 1. The first-order chi connectivity index (χ1) is 6.76. The van der Waals surface area contributed by atoms with E-state index in [0.717, 1.165) is 17.2 Å². The van der Waals surface area contributed by atoms with E-state index in [1.165, 1.54) is 45.2 Å². The zero-order chi connectivity index (χ0) is 10.4. The lowest BCUT2D eigenvalue weighted by Crippen LogP contribution is -2.30. The van der Waals surface area contributed by atoms with Crippen LogP contribution >= 0.6 is 15.9 Å². The fourth-order valence-electron chi connectivity index (χ4n) is 2.44. The summed E-state index contributed by atoms with van der Waals surface area (Å²) in [5.41, 5.74) is 0. The Balaban J connectivity index is 2.16. The lowest BCUT2D eigenvalue weighted by molar-refractivity contribution is 0.245. The highest BCUT2D eigenvalue weighted by atomic mass is 79.9. The van der Waals surface area contributed by atoms with Gasteiger partial charge in [-0.3, -0.25) is 0 Å². The molecule has 0 aliphatic heterocycles. The highest BCUT2D eigenvalue weighted by molar-refractivity contribution is 9.09. The van der Waals surface area contributed by atoms with Gasteiger partial charge in [-0.15, -0.1) is 0 Å². The number of nitrogens with zero attached hydrogens (tertiary/aromatic N) is 1. The number of rotatable bonds is 6. The van der Waals surface area contributed by atoms with E-state index in [1.54, 1.807) is 0 Å². The molecule has 1 fully saturated rings. The van der Waals surface area contributed by atoms with Crippen LogP contribution in [-0.2, 0) is 0 Å². The Hall–Kier alpha value is 0.440. The molecule has 84 valence electrons. The summed E-state index contributed by atoms with van der Waals surface area (Å²) in [5.74, 6) is 1.83. The van der Waals surface area contributed by atoms with Gasteiger partial charge in [-0.05, 0) is 31.7 Å². The maximum absolute atomic E-state index is 3.59. The van der Waals surface area contributed by atoms with Crippen LogP contribution in [0.1, 0.15) is 39.0 Å². The standard InChI is InChI=1S/C12H24BrN/c1-3-11(8-13)9-14(2)10-12-6-4-5-7-12/h11-12H,3-10H2,1-2H3. The van der Waals surface area contributed by atoms with E-state index in [9.17, 15) is 0 Å². The van der Waals surface area contributed by atoms with Crippen molar-refractivity contribution in [3.8, 4) is 0 Å². The van der Waals surface area contributed by atoms with Crippen molar-refractivity contribution < 1.29 is 0 Å². The Kier molecular flexibility index (Phi) is 6.11. The Bertz CT molecular complexity index is 135. The van der Waals surface area contributed by atoms with Crippen molar-refractivity contribution in [1.82, 2.24) is 4.90 Å². The average Bonchev–Trinajstić information content (AvgIpc) is 2.66. The molecule has 1 rings (SSSR count). The number of hydrogen-bond acceptors (Lipinski definition) is 1. The molecule has 0 N–H and O–H groups in total. The first-order valence-electron chi connectivity index (χ1n) is 6.00. The molecule has 0 bridgehead atoms. The number of alkyl halides is 1. The van der Waals surface area contributed by atoms with Crippen LogP contribution in [0.15, 0.2) is 0 Å². The average molecular weight is 262 g/mol. The minimum Gasteiger partial charge on any atom is -0.306 e. The van der Waals surface area contributed by atoms with Crippen molar-refractivity contribution in [2.45, 2.75) is 39.0 Å². The highest BCUT2D eigenvalue weighted by Crippen LogP contribution is 2.25. The first kappa shape index (κ1) is 12.5. The molecule has 0 spiro atoms. The van der Waals surface area contributed by atoms with Crippen LogP contribution in [0, 0.1) is 11.8 Å². The Morgan fingerprint density at radius 2 is 2.00 bits per heavy atom. The van der Waals surface area contributed by atoms with E-state index >= 15 is 0 Å². The summed E-state index contributed by atoms with van der Waals surface area (Å²) in [6, 6.07) is 0. The van der Waals surface area contributed by atoms with Gasteiger partial charge < -0.3 is 4.90 Å². The monoisotopic (exact) mass is 261 g/mol. The minimum absolute atomic E-state index is 0.835. The van der Waals surface area contributed by atoms with Crippen molar-refractivity contribution in [2.24, 2.45) is 11.8 Å². The Labute approximate surface area is 97.4 Å². The maximum Gasteiger partial charge on any atom is 0.00717 e. The van der Waals surface area contributed by atoms with Crippen molar-refractivity contribution >= 4 is 15.9 Å². The minimum atomic E-state index is 0.835. The quantitative estimate of drug-likeness (QED) is 0.662. The van der Waals surface area contributed by atoms with Gasteiger partial charge in [-0.1, -0.05) is 42.1 Å². The van der Waals surface area contributed by atoms with E-state index in [-0.39, 0.29) is 0 Å². The van der Waals surface area contributed by atoms with Gasteiger partial charge >= 0.3 is 0 Å². The second kappa shape index (κ2) is 6.84. The van der Waals surface area contributed by atoms with Gasteiger partial charge in [0.15, 0.2) is 0 Å². The molecule has 14 heavy (non-hydrogen) atoms. The molecule has 0 aromatic carbocycles. The molecule has 0 heterocycles. The summed E-state index contributed by atoms with van der Waals surface area (Å²) < 4.78 is 0. The summed E-state index contributed by atoms with van der Waals surface area (Å²) in [6.45, 7) is 4.87. The third-order valence-electron chi connectivity index (χ3n) is 3.41. The lowest BCUT2D eigenvalue weighted by Gasteiger charge is -2.24. The molecule has 1 unspecified atom stereocenters. The summed E-state index contributed by atoms with van der Waals surface area (Å²) >= 11 is 3.59. The number of hydrogen-bond donors (Lipinski definition) is 0. The van der Waals surface area contributed by atoms with Crippen molar-refractivity contribution in [3.63, 3.8) is 0 Å². The first-order valence-corrected chi connectivity index (χ1v) is 7.12. The van der Waals surface area contributed by atoms with E-state index in [0.29, 0.717) is 0 Å². The molecule has 0 radical (unpaired) electrons. The largest absolute Gasteiger partial charge is 0.306 e. The molecule has 0 aromatic heterocycles. The molecule has 1 aliphatic rings. The van der Waals surface area contributed by atoms with Gasteiger partial charge in [0.1, 0.15) is 0 Å². The SMILES string of the molecule is CCC(CBr)CN(C)CC1CCCC1. The van der Waals surface area contributed by atoms with Crippen LogP contribution in [-0.4, -0.2) is 30.4 Å². The second-order valence-corrected chi connectivity index (χ2v) is 5.45. The Morgan fingerprint density at radius 1 is 1.36 bits per heavy atom. The normalized spacial score (nSPS) is 20.6. The van der Waals surface area contributed by atoms with Gasteiger partial charge in [-0.2, -0.15) is 0 Å². The van der Waals surface area contributed by atoms with Crippen molar-refractivity contribution in [2.75, 3.05) is 25.5 Å². The highest BCUT2D eigenvalue weighted by Gasteiger charge is 2.17. The van der Waals surface area contributed by atoms with Gasteiger partial charge in [0.2, 0.25) is 0 Å². The van der Waals surface area contributed by atoms with Crippen LogP contribution in [0.25, 0.3) is 0 Å². The van der Waals surface area contributed by atoms with E-state index < -0.39 is 0 Å². The molecular weight excluding hydrogens is 238 g/mol. The predicted molar refractivity (Wildman–Crippen MR) is 67.0 cm³/mol. The maximum atomic E-state index is 3.59. The molecule has 1 nitrogen and oxygen atoms in total. The third-order valence-corrected chi connectivity index (χ3v) is 4.33. The molecule has 1 saturated carbocycles. The van der Waals surface area contributed by atoms with Crippen molar-refractivity contribution in [3.05, 3.63) is 0 Å². The van der Waals surface area contributed by atoms with Gasteiger partial charge in [0.25, 0.3) is 0 Å². The smallest absolute Gasteiger partial charge is 0.00717 e. The zero-order valence-electron chi connectivity index (χ0n) is 9.64. The van der Waals surface area contributed by atoms with Gasteiger partial charge in [-0.25, -0.2) is 0 Å². The molecule has 0 saturated heterocycles. The van der Waals surface area contributed by atoms with Gasteiger partial charge in [0, 0.05) is 18.4 Å². The fourth-order valence-corrected chi connectivity index (χ4v) is 3.10. The summed E-state index contributed by atoms with van der Waals surface area (Å²) in [7, 11) is 2.28. The van der Waals surface area contributed by atoms with Crippen LogP contribution in [0.5, 0.6) is 0 Å². The third kappa shape index (κ3) is 4.31. The topological polar surface area (TPSA) is 3.24 Å². The van der Waals surface area contributed by atoms with Gasteiger partial charge in [0.05, 0.1) is 0 Å². The Morgan fingerprint density at radius 3 is 2.50 bits per heavy atom. The lowest BCUT2D eigenvalue weighted by atomic mass is 10.1. The van der Waals surface area contributed by atoms with E-state index in [2.05, 4.69) is 34.8 Å². The van der Waals surface area contributed by atoms with Crippen molar-refractivity contribution in [1.29, 1.82) is 0 Å². The van der Waals surface area contributed by atoms with Crippen LogP contribution in [0.2, 0.25) is 0 Å². The zero-order valence-corrected chi connectivity index (χ0v) is 11.2. The fraction of sp³-hybridized carbons (Fsp3) is 1.00. The molecule has 2 heteroatoms. The summed E-state index contributed by atoms with van der Waals surface area (Å²) in [5, 5.41) is 1.15. The molecule has 1 aliphatic carbocycles. The van der Waals surface area contributed by atoms with Crippen LogP contribution in [0.3, 0.4) is 0 Å². The second-order valence-electron chi connectivity index (χ2n) is 4.80. The predicted octanol–water partition coefficient (Wildman–Crippen LogP) is 3.53. The van der Waals surface area contributed by atoms with E-state index in [4.69, 9.17) is 0 Å². The van der Waals surface area contributed by atoms with Crippen LogP contribution in [0.4, 0.5) is 0 Å². The summed E-state index contributed by atoms with van der Waals surface area (Å²) in [6.07, 6.45) is 7.16. The van der Waals surface area contributed by atoms with E-state index in [1.807, 2.05) is 0 Å². The van der Waals surface area contributed by atoms with Crippen LogP contribution < -0.4 is 0 Å². The molecule has 0 aromatic rings. The molecule has 1 atom stereocenters.